The minimum Gasteiger partial charge on any atom is -0.319 e. The smallest absolute Gasteiger partial charge is 0.319 e. The molecule has 7 atom stereocenters. The number of ether oxygens (including phenoxy) is 1. The molecule has 1 spiro atoms. The molecule has 4 heterocycles. The summed E-state index contributed by atoms with van der Waals surface area (Å²) < 4.78 is 45.0. The van der Waals surface area contributed by atoms with E-state index in [-0.39, 0.29) is 30.2 Å². The molecule has 32 heavy (non-hydrogen) atoms. The molecule has 2 bridgehead atoms. The summed E-state index contributed by atoms with van der Waals surface area (Å²) in [5.74, 6) is -0.776. The monoisotopic (exact) mass is 454 g/mol. The van der Waals surface area contributed by atoms with Gasteiger partial charge in [0.25, 0.3) is 0 Å². The number of hydrogen-bond donors (Lipinski definition) is 1. The number of fused-ring (bicyclic) bond motifs is 2. The highest BCUT2D eigenvalue weighted by Crippen LogP contribution is 2.60. The number of hydrogen-bond acceptors (Lipinski definition) is 5. The molecule has 1 saturated carbocycles. The first-order valence-electron chi connectivity index (χ1n) is 11.3. The molecule has 4 saturated heterocycles. The largest absolute Gasteiger partial charge is 0.416 e. The first-order chi connectivity index (χ1) is 15.1. The number of halogens is 3. The minimum absolute atomic E-state index is 0.0204. The maximum absolute atomic E-state index is 13.4. The van der Waals surface area contributed by atoms with Crippen LogP contribution in [0.1, 0.15) is 57.6 Å². The number of nitrogens with one attached hydrogen (secondary N) is 1. The molecule has 1 aliphatic carbocycles. The van der Waals surface area contributed by atoms with Crippen LogP contribution in [-0.4, -0.2) is 28.5 Å². The number of rotatable bonds is 3. The lowest BCUT2D eigenvalue weighted by molar-refractivity contribution is -0.549. The zero-order valence-corrected chi connectivity index (χ0v) is 18.4. The Kier molecular flexibility index (Phi) is 5.13. The Morgan fingerprint density at radius 1 is 1.09 bits per heavy atom. The fourth-order valence-electron chi connectivity index (χ4n) is 6.21. The molecule has 5 fully saturated rings. The van der Waals surface area contributed by atoms with E-state index in [2.05, 4.69) is 12.3 Å². The number of alkyl halides is 3. The van der Waals surface area contributed by atoms with E-state index in [0.29, 0.717) is 17.9 Å². The van der Waals surface area contributed by atoms with Crippen LogP contribution in [0.5, 0.6) is 0 Å². The van der Waals surface area contributed by atoms with Crippen LogP contribution in [0.3, 0.4) is 0 Å². The molecule has 0 aromatic heterocycles. The second-order valence-corrected chi connectivity index (χ2v) is 9.96. The van der Waals surface area contributed by atoms with E-state index in [1.807, 2.05) is 13.8 Å². The number of hydrazine groups is 1. The van der Waals surface area contributed by atoms with Crippen molar-refractivity contribution in [3.05, 3.63) is 35.4 Å². The Morgan fingerprint density at radius 2 is 1.81 bits per heavy atom. The van der Waals surface area contributed by atoms with Crippen molar-refractivity contribution in [1.29, 1.82) is 0 Å². The first kappa shape index (κ1) is 22.1. The van der Waals surface area contributed by atoms with Crippen molar-refractivity contribution < 1.29 is 32.5 Å². The van der Waals surface area contributed by atoms with E-state index in [4.69, 9.17) is 14.5 Å². The molecule has 6 nitrogen and oxygen atoms in total. The lowest BCUT2D eigenvalue weighted by atomic mass is 9.57. The van der Waals surface area contributed by atoms with Crippen LogP contribution in [0.2, 0.25) is 0 Å². The average molecular weight is 454 g/mol. The van der Waals surface area contributed by atoms with Gasteiger partial charge >= 0.3 is 6.18 Å². The van der Waals surface area contributed by atoms with Crippen molar-refractivity contribution in [3.63, 3.8) is 0 Å². The number of carbonyl (C=O) groups is 1. The van der Waals surface area contributed by atoms with Gasteiger partial charge in [0.15, 0.2) is 11.8 Å². The molecular formula is C23H29F3N2O4. The topological polar surface area (TPSA) is 60.0 Å². The number of piperidine rings is 1. The number of benzene rings is 1. The van der Waals surface area contributed by atoms with Crippen LogP contribution in [0.4, 0.5) is 13.2 Å². The van der Waals surface area contributed by atoms with E-state index in [1.54, 1.807) is 0 Å². The summed E-state index contributed by atoms with van der Waals surface area (Å²) in [6.45, 7) is 6.15. The summed E-state index contributed by atoms with van der Waals surface area (Å²) in [7, 11) is 0. The third-order valence-electron chi connectivity index (χ3n) is 8.00. The molecule has 1 aromatic rings. The van der Waals surface area contributed by atoms with Gasteiger partial charge in [0.05, 0.1) is 5.56 Å². The van der Waals surface area contributed by atoms with Gasteiger partial charge in [-0.25, -0.2) is 20.2 Å². The lowest BCUT2D eigenvalue weighted by Crippen LogP contribution is -2.76. The lowest BCUT2D eigenvalue weighted by Gasteiger charge is -2.61. The van der Waals surface area contributed by atoms with E-state index in [1.165, 1.54) is 17.1 Å². The molecule has 1 amide bonds. The summed E-state index contributed by atoms with van der Waals surface area (Å²) >= 11 is 0. The second-order valence-electron chi connectivity index (χ2n) is 9.96. The molecule has 6 rings (SSSR count). The maximum Gasteiger partial charge on any atom is 0.416 e. The maximum atomic E-state index is 13.4. The summed E-state index contributed by atoms with van der Waals surface area (Å²) in [5.41, 5.74) is 2.31. The fourth-order valence-corrected chi connectivity index (χ4v) is 6.21. The van der Waals surface area contributed by atoms with Gasteiger partial charge in [-0.05, 0) is 55.7 Å². The quantitative estimate of drug-likeness (QED) is 0.686. The Morgan fingerprint density at radius 3 is 2.50 bits per heavy atom. The van der Waals surface area contributed by atoms with Crippen molar-refractivity contribution in [1.82, 2.24) is 10.4 Å². The third-order valence-corrected chi connectivity index (χ3v) is 8.00. The van der Waals surface area contributed by atoms with E-state index in [9.17, 15) is 18.0 Å². The van der Waals surface area contributed by atoms with Gasteiger partial charge in [0.1, 0.15) is 0 Å². The highest BCUT2D eigenvalue weighted by molar-refractivity contribution is 5.80. The predicted molar refractivity (Wildman–Crippen MR) is 107 cm³/mol. The zero-order valence-electron chi connectivity index (χ0n) is 18.4. The number of carbonyl (C=O) groups excluding carboxylic acids is 1. The summed E-state index contributed by atoms with van der Waals surface area (Å²) in [5, 5.41) is 1.51. The third kappa shape index (κ3) is 3.28. The molecular weight excluding hydrogens is 425 g/mol. The van der Waals surface area contributed by atoms with Crippen molar-refractivity contribution in [2.75, 3.05) is 0 Å². The van der Waals surface area contributed by atoms with Crippen molar-refractivity contribution in [2.45, 2.75) is 76.8 Å². The zero-order chi connectivity index (χ0) is 22.9. The van der Waals surface area contributed by atoms with Crippen molar-refractivity contribution >= 4 is 5.91 Å². The normalized spacial score (nSPS) is 41.4. The fraction of sp³-hybridized carbons (Fsp3) is 0.696. The average Bonchev–Trinajstić information content (AvgIpc) is 2.98. The SMILES string of the molecule is C[C@@H]1CC[C@H]2[C@@H](C)C(=O)N(NCc3ccc(C(F)(F)F)cc3)[C@@H]3OC4(C)CC[C@@H]1[C@@]23OO4. The van der Waals surface area contributed by atoms with Crippen molar-refractivity contribution in [2.24, 2.45) is 23.7 Å². The van der Waals surface area contributed by atoms with Gasteiger partial charge < -0.3 is 4.74 Å². The summed E-state index contributed by atoms with van der Waals surface area (Å²) in [6.07, 6.45) is -1.61. The van der Waals surface area contributed by atoms with E-state index >= 15 is 0 Å². The van der Waals surface area contributed by atoms with Crippen LogP contribution in [0.25, 0.3) is 0 Å². The Hall–Kier alpha value is -1.68. The van der Waals surface area contributed by atoms with E-state index in [0.717, 1.165) is 31.4 Å². The molecule has 1 unspecified atom stereocenters. The van der Waals surface area contributed by atoms with E-state index < -0.39 is 29.4 Å². The Bertz CT molecular complexity index is 894. The highest BCUT2D eigenvalue weighted by atomic mass is 19.4. The van der Waals surface area contributed by atoms with Gasteiger partial charge in [-0.3, -0.25) is 4.79 Å². The highest BCUT2D eigenvalue weighted by Gasteiger charge is 2.70. The van der Waals surface area contributed by atoms with Gasteiger partial charge in [-0.2, -0.15) is 13.2 Å². The van der Waals surface area contributed by atoms with Crippen LogP contribution in [0.15, 0.2) is 24.3 Å². The molecule has 9 heteroatoms. The molecule has 1 aromatic carbocycles. The van der Waals surface area contributed by atoms with Crippen LogP contribution >= 0.6 is 0 Å². The van der Waals surface area contributed by atoms with Crippen LogP contribution in [0, 0.1) is 23.7 Å². The molecule has 0 radical (unpaired) electrons. The van der Waals surface area contributed by atoms with Gasteiger partial charge in [0, 0.05) is 24.8 Å². The number of nitrogens with zero attached hydrogens (tertiary/aromatic N) is 1. The molecule has 5 aliphatic rings. The Balaban J connectivity index is 1.45. The first-order valence-corrected chi connectivity index (χ1v) is 11.3. The molecule has 176 valence electrons. The van der Waals surface area contributed by atoms with Crippen LogP contribution < -0.4 is 5.43 Å². The minimum atomic E-state index is -4.38. The number of amides is 1. The van der Waals surface area contributed by atoms with Gasteiger partial charge in [-0.1, -0.05) is 26.0 Å². The van der Waals surface area contributed by atoms with Crippen LogP contribution in [-0.2, 0) is 32.0 Å². The van der Waals surface area contributed by atoms with Gasteiger partial charge in [-0.15, -0.1) is 0 Å². The standard InChI is InChI=1S/C23H29F3N2O4/c1-13-4-9-18-14(2)19(29)28(27-12-15-5-7-16(8-6-15)23(24,25)26)20-22(18)17(13)10-11-21(3,30-20)31-32-22/h5-8,13-14,17-18,20,27H,4,9-12H2,1-3H3/t13-,14-,17+,18+,20-,21?,22-/m1/s1. The second kappa shape index (κ2) is 7.41. The van der Waals surface area contributed by atoms with Gasteiger partial charge in [0.2, 0.25) is 11.7 Å². The molecule has 1 N–H and O–H groups in total. The van der Waals surface area contributed by atoms with Crippen molar-refractivity contribution in [3.8, 4) is 0 Å². The Labute approximate surface area is 185 Å². The predicted octanol–water partition coefficient (Wildman–Crippen LogP) is 4.40. The molecule has 4 aliphatic heterocycles. The summed E-state index contributed by atoms with van der Waals surface area (Å²) in [6, 6.07) is 4.93. The summed E-state index contributed by atoms with van der Waals surface area (Å²) in [4.78, 5) is 25.4.